The third kappa shape index (κ3) is 1.49. The van der Waals surface area contributed by atoms with E-state index in [0.29, 0.717) is 11.8 Å². The maximum absolute atomic E-state index is 6.92. The Morgan fingerprint density at radius 1 is 0.696 bits per heavy atom. The summed E-state index contributed by atoms with van der Waals surface area (Å²) in [6.45, 7) is 0. The lowest BCUT2D eigenvalue weighted by Gasteiger charge is -2.62. The molecule has 23 heavy (non-hydrogen) atoms. The van der Waals surface area contributed by atoms with Gasteiger partial charge in [-0.05, 0) is 55.6 Å². The number of fused-ring (bicyclic) bond motifs is 3. The largest absolute Gasteiger partial charge is 0.481 e. The molecular formula is C22H22O. The molecule has 1 spiro atoms. The van der Waals surface area contributed by atoms with Crippen LogP contribution in [0.4, 0.5) is 0 Å². The van der Waals surface area contributed by atoms with Crippen molar-refractivity contribution in [3.8, 4) is 16.9 Å². The second kappa shape index (κ2) is 4.20. The van der Waals surface area contributed by atoms with Crippen LogP contribution in [0.1, 0.15) is 37.7 Å². The van der Waals surface area contributed by atoms with E-state index in [0.717, 1.165) is 17.6 Å². The van der Waals surface area contributed by atoms with Crippen LogP contribution in [0.15, 0.2) is 48.5 Å². The minimum absolute atomic E-state index is 0.0433. The van der Waals surface area contributed by atoms with Crippen LogP contribution in [0, 0.1) is 23.7 Å². The van der Waals surface area contributed by atoms with Gasteiger partial charge < -0.3 is 4.74 Å². The van der Waals surface area contributed by atoms with Crippen molar-refractivity contribution in [2.24, 2.45) is 23.7 Å². The van der Waals surface area contributed by atoms with Gasteiger partial charge in [0.05, 0.1) is 0 Å². The van der Waals surface area contributed by atoms with Crippen LogP contribution >= 0.6 is 0 Å². The molecule has 4 saturated carbocycles. The Morgan fingerprint density at radius 3 is 2.04 bits per heavy atom. The van der Waals surface area contributed by atoms with Crippen molar-refractivity contribution >= 4 is 0 Å². The summed E-state index contributed by atoms with van der Waals surface area (Å²) in [7, 11) is 0. The summed E-state index contributed by atoms with van der Waals surface area (Å²) in [4.78, 5) is 0. The van der Waals surface area contributed by atoms with Gasteiger partial charge >= 0.3 is 0 Å². The lowest BCUT2D eigenvalue weighted by molar-refractivity contribution is -0.164. The maximum atomic E-state index is 6.92. The van der Waals surface area contributed by atoms with Crippen LogP contribution in [-0.2, 0) is 5.60 Å². The predicted octanol–water partition coefficient (Wildman–Crippen LogP) is 5.40. The maximum Gasteiger partial charge on any atom is 0.140 e. The van der Waals surface area contributed by atoms with Crippen LogP contribution < -0.4 is 4.74 Å². The van der Waals surface area contributed by atoms with Crippen LogP contribution in [-0.4, -0.2) is 0 Å². The fourth-order valence-corrected chi connectivity index (χ4v) is 6.56. The number of benzene rings is 2. The van der Waals surface area contributed by atoms with Crippen molar-refractivity contribution in [1.82, 2.24) is 0 Å². The first-order chi connectivity index (χ1) is 11.3. The second-order valence-corrected chi connectivity index (χ2v) is 8.24. The van der Waals surface area contributed by atoms with E-state index in [-0.39, 0.29) is 5.60 Å². The molecule has 5 aliphatic rings. The fraction of sp³-hybridized carbons (Fsp3) is 0.455. The van der Waals surface area contributed by atoms with Crippen molar-refractivity contribution < 1.29 is 4.74 Å². The first kappa shape index (κ1) is 12.6. The van der Waals surface area contributed by atoms with E-state index in [1.165, 1.54) is 48.8 Å². The molecule has 4 bridgehead atoms. The third-order valence-electron chi connectivity index (χ3n) is 7.16. The SMILES string of the molecule is c1ccc2c(c1)OC1(c3ccccc3-2)C2CC3CC(C2)CC1C3. The van der Waals surface area contributed by atoms with Crippen LogP contribution in [0.3, 0.4) is 0 Å². The quantitative estimate of drug-likeness (QED) is 0.633. The molecule has 2 aromatic carbocycles. The molecule has 116 valence electrons. The molecule has 0 aromatic heterocycles. The zero-order valence-corrected chi connectivity index (χ0v) is 13.4. The highest BCUT2D eigenvalue weighted by Crippen LogP contribution is 2.65. The third-order valence-corrected chi connectivity index (χ3v) is 7.16. The zero-order chi connectivity index (χ0) is 15.0. The molecular weight excluding hydrogens is 280 g/mol. The van der Waals surface area contributed by atoms with Gasteiger partial charge in [-0.15, -0.1) is 0 Å². The normalized spacial score (nSPS) is 39.0. The zero-order valence-electron chi connectivity index (χ0n) is 13.4. The molecule has 1 nitrogen and oxygen atoms in total. The Hall–Kier alpha value is -1.76. The minimum atomic E-state index is -0.0433. The van der Waals surface area contributed by atoms with Gasteiger partial charge in [0, 0.05) is 23.0 Å². The molecule has 1 heteroatoms. The molecule has 1 heterocycles. The van der Waals surface area contributed by atoms with Crippen LogP contribution in [0.2, 0.25) is 0 Å². The molecule has 2 aromatic rings. The second-order valence-electron chi connectivity index (χ2n) is 8.24. The fourth-order valence-electron chi connectivity index (χ4n) is 6.56. The highest BCUT2D eigenvalue weighted by molar-refractivity contribution is 5.76. The van der Waals surface area contributed by atoms with Gasteiger partial charge in [-0.25, -0.2) is 0 Å². The summed E-state index contributed by atoms with van der Waals surface area (Å²) < 4.78 is 6.92. The van der Waals surface area contributed by atoms with E-state index < -0.39 is 0 Å². The number of hydrogen-bond donors (Lipinski definition) is 0. The number of rotatable bonds is 0. The molecule has 1 aliphatic heterocycles. The predicted molar refractivity (Wildman–Crippen MR) is 91.2 cm³/mol. The monoisotopic (exact) mass is 302 g/mol. The molecule has 0 N–H and O–H groups in total. The Labute approximate surface area is 137 Å². The molecule has 7 rings (SSSR count). The Kier molecular flexibility index (Phi) is 2.31. The Balaban J connectivity index is 1.62. The highest BCUT2D eigenvalue weighted by Gasteiger charge is 2.61. The van der Waals surface area contributed by atoms with Gasteiger partial charge in [0.1, 0.15) is 11.4 Å². The molecule has 0 unspecified atom stereocenters. The molecule has 0 atom stereocenters. The highest BCUT2D eigenvalue weighted by atomic mass is 16.5. The van der Waals surface area contributed by atoms with E-state index in [9.17, 15) is 0 Å². The van der Waals surface area contributed by atoms with Gasteiger partial charge in [0.25, 0.3) is 0 Å². The average Bonchev–Trinajstić information content (AvgIpc) is 2.59. The van der Waals surface area contributed by atoms with E-state index in [1.54, 1.807) is 0 Å². The topological polar surface area (TPSA) is 9.23 Å². The number of para-hydroxylation sites is 1. The lowest BCUT2D eigenvalue weighted by atomic mass is 9.47. The van der Waals surface area contributed by atoms with Gasteiger partial charge in [-0.1, -0.05) is 42.5 Å². The standard InChI is InChI=1S/C22H22O/c1-3-7-20-18(5-1)19-6-2-4-8-21(19)23-22(20)16-10-14-9-15(12-16)13-17(22)11-14/h1-8,14-17H,9-13H2. The molecule has 4 fully saturated rings. The summed E-state index contributed by atoms with van der Waals surface area (Å²) in [5, 5.41) is 0. The van der Waals surface area contributed by atoms with Crippen molar-refractivity contribution in [1.29, 1.82) is 0 Å². The van der Waals surface area contributed by atoms with Crippen molar-refractivity contribution in [3.05, 3.63) is 54.1 Å². The van der Waals surface area contributed by atoms with Crippen LogP contribution in [0.25, 0.3) is 11.1 Å². The van der Waals surface area contributed by atoms with Gasteiger partial charge in [-0.2, -0.15) is 0 Å². The summed E-state index contributed by atoms with van der Waals surface area (Å²) >= 11 is 0. The van der Waals surface area contributed by atoms with Gasteiger partial charge in [0.2, 0.25) is 0 Å². The first-order valence-corrected chi connectivity index (χ1v) is 9.22. The molecule has 0 radical (unpaired) electrons. The van der Waals surface area contributed by atoms with Gasteiger partial charge in [-0.3, -0.25) is 0 Å². The van der Waals surface area contributed by atoms with Crippen LogP contribution in [0.5, 0.6) is 5.75 Å². The van der Waals surface area contributed by atoms with Gasteiger partial charge in [0.15, 0.2) is 0 Å². The minimum Gasteiger partial charge on any atom is -0.481 e. The average molecular weight is 302 g/mol. The van der Waals surface area contributed by atoms with Crippen molar-refractivity contribution in [2.75, 3.05) is 0 Å². The smallest absolute Gasteiger partial charge is 0.140 e. The number of ether oxygens (including phenoxy) is 1. The molecule has 0 saturated heterocycles. The molecule has 0 amide bonds. The van der Waals surface area contributed by atoms with Crippen molar-refractivity contribution in [2.45, 2.75) is 37.7 Å². The number of hydrogen-bond acceptors (Lipinski definition) is 1. The summed E-state index contributed by atoms with van der Waals surface area (Å²) in [5.41, 5.74) is 4.13. The Bertz CT molecular complexity index is 762. The summed E-state index contributed by atoms with van der Waals surface area (Å²) in [5.74, 6) is 4.48. The lowest BCUT2D eigenvalue weighted by Crippen LogP contribution is -2.59. The first-order valence-electron chi connectivity index (χ1n) is 9.22. The van der Waals surface area contributed by atoms with Crippen molar-refractivity contribution in [3.63, 3.8) is 0 Å². The summed E-state index contributed by atoms with van der Waals surface area (Å²) in [6, 6.07) is 17.7. The molecule has 4 aliphatic carbocycles. The van der Waals surface area contributed by atoms with E-state index in [2.05, 4.69) is 48.5 Å². The van der Waals surface area contributed by atoms with E-state index in [4.69, 9.17) is 4.74 Å². The van der Waals surface area contributed by atoms with E-state index in [1.807, 2.05) is 0 Å². The Morgan fingerprint density at radius 2 is 1.30 bits per heavy atom. The van der Waals surface area contributed by atoms with E-state index >= 15 is 0 Å². The summed E-state index contributed by atoms with van der Waals surface area (Å²) in [6.07, 6.45) is 7.00.